The lowest BCUT2D eigenvalue weighted by atomic mass is 9.96. The molecule has 0 saturated carbocycles. The van der Waals surface area contributed by atoms with E-state index in [-0.39, 0.29) is 17.4 Å². The van der Waals surface area contributed by atoms with Crippen molar-refractivity contribution in [2.24, 2.45) is 0 Å². The number of aromatic nitrogens is 2. The highest BCUT2D eigenvalue weighted by molar-refractivity contribution is 6.30. The summed E-state index contributed by atoms with van der Waals surface area (Å²) < 4.78 is 1.69. The molecule has 0 radical (unpaired) electrons. The van der Waals surface area contributed by atoms with Crippen LogP contribution >= 0.6 is 11.6 Å². The molecule has 1 fully saturated rings. The minimum atomic E-state index is -0.379. The van der Waals surface area contributed by atoms with Crippen molar-refractivity contribution in [3.63, 3.8) is 0 Å². The first-order valence-corrected chi connectivity index (χ1v) is 11.4. The predicted octanol–water partition coefficient (Wildman–Crippen LogP) is 3.69. The Morgan fingerprint density at radius 1 is 1.09 bits per heavy atom. The Morgan fingerprint density at radius 3 is 2.53 bits per heavy atom. The number of halogens is 1. The van der Waals surface area contributed by atoms with E-state index in [2.05, 4.69) is 21.7 Å². The summed E-state index contributed by atoms with van der Waals surface area (Å²) in [4.78, 5) is 22.8. The first kappa shape index (κ1) is 22.5. The third-order valence-corrected chi connectivity index (χ3v) is 6.46. The van der Waals surface area contributed by atoms with E-state index >= 15 is 0 Å². The summed E-state index contributed by atoms with van der Waals surface area (Å²) in [6.45, 7) is 8.79. The first-order valence-electron chi connectivity index (χ1n) is 11.0. The van der Waals surface area contributed by atoms with Gasteiger partial charge in [0.05, 0.1) is 23.8 Å². The second-order valence-electron chi connectivity index (χ2n) is 8.22. The number of hydrogen-bond acceptors (Lipinski definition) is 5. The monoisotopic (exact) mass is 452 g/mol. The van der Waals surface area contributed by atoms with Crippen LogP contribution < -0.4 is 5.56 Å². The van der Waals surface area contributed by atoms with Crippen LogP contribution in [0.15, 0.2) is 59.5 Å². The van der Waals surface area contributed by atoms with Gasteiger partial charge in [-0.15, -0.1) is 0 Å². The van der Waals surface area contributed by atoms with Gasteiger partial charge in [-0.1, -0.05) is 36.7 Å². The minimum Gasteiger partial charge on any atom is -0.507 e. The smallest absolute Gasteiger partial charge is 0.260 e. The van der Waals surface area contributed by atoms with Gasteiger partial charge in [-0.05, 0) is 49.4 Å². The van der Waals surface area contributed by atoms with Gasteiger partial charge in [-0.3, -0.25) is 14.7 Å². The molecule has 0 spiro atoms. The fraction of sp³-hybridized carbons (Fsp3) is 0.360. The zero-order valence-electron chi connectivity index (χ0n) is 18.5. The van der Waals surface area contributed by atoms with E-state index in [1.54, 1.807) is 16.8 Å². The second kappa shape index (κ2) is 9.86. The van der Waals surface area contributed by atoms with Crippen LogP contribution in [0.1, 0.15) is 35.5 Å². The van der Waals surface area contributed by atoms with Crippen LogP contribution in [0.2, 0.25) is 5.02 Å². The second-order valence-corrected chi connectivity index (χ2v) is 8.66. The molecule has 1 aliphatic rings. The van der Waals surface area contributed by atoms with Gasteiger partial charge >= 0.3 is 0 Å². The highest BCUT2D eigenvalue weighted by Crippen LogP contribution is 2.34. The van der Waals surface area contributed by atoms with Crippen molar-refractivity contribution < 1.29 is 5.11 Å². The average Bonchev–Trinajstić information content (AvgIpc) is 2.80. The Labute approximate surface area is 193 Å². The lowest BCUT2D eigenvalue weighted by Gasteiger charge is -2.39. The maximum absolute atomic E-state index is 13.8. The molecule has 1 saturated heterocycles. The number of aryl methyl sites for hydroxylation is 1. The standard InChI is InChI=1S/C25H29ClN4O2/c1-3-28-11-13-29(14-12-28)24(19-7-6-8-20(26)16-19)23-22(31)15-18(2)30(25(23)32)17-21-9-4-5-10-27-21/h4-10,15-16,24,31H,3,11-14,17H2,1-2H3/t24-/m1/s1. The average molecular weight is 453 g/mol. The summed E-state index contributed by atoms with van der Waals surface area (Å²) >= 11 is 6.32. The quantitative estimate of drug-likeness (QED) is 0.618. The molecule has 0 bridgehead atoms. The zero-order chi connectivity index (χ0) is 22.7. The summed E-state index contributed by atoms with van der Waals surface area (Å²) in [5.41, 5.74) is 2.59. The molecule has 4 rings (SSSR count). The van der Waals surface area contributed by atoms with Crippen LogP contribution in [-0.4, -0.2) is 57.2 Å². The van der Waals surface area contributed by atoms with Crippen molar-refractivity contribution in [1.82, 2.24) is 19.4 Å². The van der Waals surface area contributed by atoms with E-state index in [0.29, 0.717) is 22.8 Å². The molecule has 32 heavy (non-hydrogen) atoms. The highest BCUT2D eigenvalue weighted by atomic mass is 35.5. The van der Waals surface area contributed by atoms with Crippen molar-refractivity contribution in [1.29, 1.82) is 0 Å². The first-order chi connectivity index (χ1) is 15.5. The normalized spacial score (nSPS) is 16.2. The maximum atomic E-state index is 13.8. The molecule has 1 aliphatic heterocycles. The molecule has 168 valence electrons. The van der Waals surface area contributed by atoms with E-state index in [1.165, 1.54) is 0 Å². The van der Waals surface area contributed by atoms with E-state index in [0.717, 1.165) is 44.0 Å². The molecular formula is C25H29ClN4O2. The Morgan fingerprint density at radius 2 is 1.88 bits per heavy atom. The minimum absolute atomic E-state index is 0.0210. The number of hydrogen-bond donors (Lipinski definition) is 1. The Kier molecular flexibility index (Phi) is 6.94. The fourth-order valence-corrected chi connectivity index (χ4v) is 4.65. The Bertz CT molecular complexity index is 1120. The van der Waals surface area contributed by atoms with Gasteiger partial charge in [0.25, 0.3) is 5.56 Å². The number of nitrogens with zero attached hydrogens (tertiary/aromatic N) is 4. The molecule has 3 aromatic rings. The van der Waals surface area contributed by atoms with Gasteiger partial charge in [0, 0.05) is 43.1 Å². The van der Waals surface area contributed by atoms with Gasteiger partial charge in [0.15, 0.2) is 0 Å². The Hall–Kier alpha value is -2.67. The van der Waals surface area contributed by atoms with Crippen LogP contribution in [0.25, 0.3) is 0 Å². The van der Waals surface area contributed by atoms with Crippen molar-refractivity contribution in [2.75, 3.05) is 32.7 Å². The van der Waals surface area contributed by atoms with Crippen molar-refractivity contribution in [3.8, 4) is 5.75 Å². The number of benzene rings is 1. The van der Waals surface area contributed by atoms with Crippen LogP contribution in [0.5, 0.6) is 5.75 Å². The summed E-state index contributed by atoms with van der Waals surface area (Å²) in [7, 11) is 0. The molecule has 7 heteroatoms. The molecule has 0 unspecified atom stereocenters. The number of pyridine rings is 2. The Balaban J connectivity index is 1.82. The van der Waals surface area contributed by atoms with Crippen molar-refractivity contribution >= 4 is 11.6 Å². The van der Waals surface area contributed by atoms with Crippen molar-refractivity contribution in [2.45, 2.75) is 26.4 Å². The number of rotatable bonds is 6. The third kappa shape index (κ3) is 4.72. The van der Waals surface area contributed by atoms with Gasteiger partial charge in [0.1, 0.15) is 5.75 Å². The van der Waals surface area contributed by atoms with Crippen LogP contribution in [0.4, 0.5) is 0 Å². The summed E-state index contributed by atoms with van der Waals surface area (Å²) in [5.74, 6) is 0.0210. The molecule has 3 heterocycles. The number of aromatic hydroxyl groups is 1. The molecule has 2 aromatic heterocycles. The zero-order valence-corrected chi connectivity index (χ0v) is 19.3. The molecule has 0 aliphatic carbocycles. The molecular weight excluding hydrogens is 424 g/mol. The van der Waals surface area contributed by atoms with Crippen molar-refractivity contribution in [3.05, 3.63) is 92.6 Å². The highest BCUT2D eigenvalue weighted by Gasteiger charge is 2.31. The van der Waals surface area contributed by atoms with Gasteiger partial charge in [-0.2, -0.15) is 0 Å². The number of piperazine rings is 1. The van der Waals surface area contributed by atoms with Gasteiger partial charge < -0.3 is 14.6 Å². The summed E-state index contributed by atoms with van der Waals surface area (Å²) in [6, 6.07) is 14.5. The largest absolute Gasteiger partial charge is 0.507 e. The lowest BCUT2D eigenvalue weighted by Crippen LogP contribution is -2.48. The molecule has 1 atom stereocenters. The molecule has 0 amide bonds. The van der Waals surface area contributed by atoms with E-state index < -0.39 is 0 Å². The third-order valence-electron chi connectivity index (χ3n) is 6.23. The fourth-order valence-electron chi connectivity index (χ4n) is 4.45. The summed E-state index contributed by atoms with van der Waals surface area (Å²) in [5, 5.41) is 11.6. The maximum Gasteiger partial charge on any atom is 0.260 e. The molecule has 1 aromatic carbocycles. The topological polar surface area (TPSA) is 61.6 Å². The predicted molar refractivity (Wildman–Crippen MR) is 127 cm³/mol. The number of likely N-dealkylation sites (N-methyl/N-ethyl adjacent to an activating group) is 1. The van der Waals surface area contributed by atoms with E-state index in [1.807, 2.05) is 49.4 Å². The van der Waals surface area contributed by atoms with Crippen LogP contribution in [0.3, 0.4) is 0 Å². The van der Waals surface area contributed by atoms with Crippen LogP contribution in [0, 0.1) is 6.92 Å². The molecule has 6 nitrogen and oxygen atoms in total. The van der Waals surface area contributed by atoms with Crippen LogP contribution in [-0.2, 0) is 6.54 Å². The van der Waals surface area contributed by atoms with Gasteiger partial charge in [0.2, 0.25) is 0 Å². The van der Waals surface area contributed by atoms with E-state index in [4.69, 9.17) is 11.6 Å². The van der Waals surface area contributed by atoms with Gasteiger partial charge in [-0.25, -0.2) is 0 Å². The molecule has 1 N–H and O–H groups in total. The van der Waals surface area contributed by atoms with E-state index in [9.17, 15) is 9.90 Å². The summed E-state index contributed by atoms with van der Waals surface area (Å²) in [6.07, 6.45) is 1.72. The SMILES string of the molecule is CCN1CCN([C@H](c2cccc(Cl)c2)c2c(O)cc(C)n(Cc3ccccn3)c2=O)CC1. The lowest BCUT2D eigenvalue weighted by molar-refractivity contribution is 0.111.